The van der Waals surface area contributed by atoms with Crippen LogP contribution in [0.1, 0.15) is 17.2 Å². The topological polar surface area (TPSA) is 32.3 Å². The lowest BCUT2D eigenvalue weighted by molar-refractivity contribution is 0.177. The van der Waals surface area contributed by atoms with Gasteiger partial charge in [0.05, 0.1) is 6.10 Å². The normalized spacial score (nSPS) is 12.9. The van der Waals surface area contributed by atoms with Gasteiger partial charge in [0.25, 0.3) is 0 Å². The van der Waals surface area contributed by atoms with Gasteiger partial charge in [-0.15, -0.1) is 0 Å². The Bertz CT molecular complexity index is 247. The second-order valence-electron chi connectivity index (χ2n) is 2.93. The molecule has 0 saturated heterocycles. The van der Waals surface area contributed by atoms with Crippen molar-refractivity contribution < 1.29 is 5.11 Å². The fraction of sp³-hybridized carbons (Fsp3) is 0.400. The zero-order chi connectivity index (χ0) is 8.97. The number of rotatable bonds is 3. The summed E-state index contributed by atoms with van der Waals surface area (Å²) in [6.07, 6.45) is -0.392. The van der Waals surface area contributed by atoms with E-state index >= 15 is 0 Å². The van der Waals surface area contributed by atoms with E-state index in [1.807, 2.05) is 38.2 Å². The molecule has 0 aliphatic rings. The van der Waals surface area contributed by atoms with Crippen molar-refractivity contribution in [2.24, 2.45) is 0 Å². The van der Waals surface area contributed by atoms with Crippen molar-refractivity contribution in [1.29, 1.82) is 0 Å². The average Bonchev–Trinajstić information content (AvgIpc) is 2.05. The first-order valence-electron chi connectivity index (χ1n) is 4.14. The number of aliphatic hydroxyl groups is 1. The summed E-state index contributed by atoms with van der Waals surface area (Å²) in [6.45, 7) is 2.61. The Labute approximate surface area is 73.2 Å². The SMILES string of the molecule is CNCC(O)c1ccccc1C. The van der Waals surface area contributed by atoms with E-state index in [1.54, 1.807) is 0 Å². The molecule has 0 saturated carbocycles. The van der Waals surface area contributed by atoms with Gasteiger partial charge in [0.1, 0.15) is 0 Å². The molecule has 0 amide bonds. The van der Waals surface area contributed by atoms with Crippen molar-refractivity contribution in [3.05, 3.63) is 35.4 Å². The zero-order valence-corrected chi connectivity index (χ0v) is 7.54. The highest BCUT2D eigenvalue weighted by Gasteiger charge is 2.07. The van der Waals surface area contributed by atoms with Crippen LogP contribution in [0.5, 0.6) is 0 Å². The standard InChI is InChI=1S/C10H15NO/c1-8-5-3-4-6-9(8)10(12)7-11-2/h3-6,10-12H,7H2,1-2H3. The maximum absolute atomic E-state index is 9.64. The van der Waals surface area contributed by atoms with Crippen molar-refractivity contribution >= 4 is 0 Å². The molecule has 1 rings (SSSR count). The first-order chi connectivity index (χ1) is 5.75. The molecule has 0 aromatic heterocycles. The van der Waals surface area contributed by atoms with Gasteiger partial charge in [0, 0.05) is 6.54 Å². The third-order valence-electron chi connectivity index (χ3n) is 1.94. The number of hydrogen-bond donors (Lipinski definition) is 2. The van der Waals surface area contributed by atoms with Crippen LogP contribution in [-0.4, -0.2) is 18.7 Å². The second kappa shape index (κ2) is 4.24. The van der Waals surface area contributed by atoms with Crippen LogP contribution in [0, 0.1) is 6.92 Å². The highest BCUT2D eigenvalue weighted by molar-refractivity contribution is 5.27. The van der Waals surface area contributed by atoms with Gasteiger partial charge in [-0.3, -0.25) is 0 Å². The minimum atomic E-state index is -0.392. The maximum atomic E-state index is 9.64. The predicted molar refractivity (Wildman–Crippen MR) is 50.1 cm³/mol. The van der Waals surface area contributed by atoms with E-state index in [2.05, 4.69) is 5.32 Å². The first kappa shape index (κ1) is 9.23. The molecule has 0 spiro atoms. The van der Waals surface area contributed by atoms with Crippen molar-refractivity contribution in [2.45, 2.75) is 13.0 Å². The lowest BCUT2D eigenvalue weighted by Crippen LogP contribution is -2.17. The molecule has 0 bridgehead atoms. The number of hydrogen-bond acceptors (Lipinski definition) is 2. The minimum Gasteiger partial charge on any atom is -0.387 e. The lowest BCUT2D eigenvalue weighted by atomic mass is 10.0. The molecular weight excluding hydrogens is 150 g/mol. The summed E-state index contributed by atoms with van der Waals surface area (Å²) in [5.41, 5.74) is 2.15. The van der Waals surface area contributed by atoms with Gasteiger partial charge in [0.2, 0.25) is 0 Å². The van der Waals surface area contributed by atoms with Crippen LogP contribution >= 0.6 is 0 Å². The summed E-state index contributed by atoms with van der Waals surface area (Å²) in [7, 11) is 1.83. The summed E-state index contributed by atoms with van der Waals surface area (Å²) in [5.74, 6) is 0. The van der Waals surface area contributed by atoms with Crippen molar-refractivity contribution in [2.75, 3.05) is 13.6 Å². The van der Waals surface area contributed by atoms with Crippen LogP contribution in [0.3, 0.4) is 0 Å². The van der Waals surface area contributed by atoms with E-state index < -0.39 is 6.10 Å². The highest BCUT2D eigenvalue weighted by Crippen LogP contribution is 2.15. The largest absolute Gasteiger partial charge is 0.387 e. The van der Waals surface area contributed by atoms with E-state index in [0.717, 1.165) is 11.1 Å². The van der Waals surface area contributed by atoms with Crippen LogP contribution in [0.15, 0.2) is 24.3 Å². The van der Waals surface area contributed by atoms with Crippen LogP contribution in [0.2, 0.25) is 0 Å². The maximum Gasteiger partial charge on any atom is 0.0916 e. The van der Waals surface area contributed by atoms with Gasteiger partial charge in [-0.1, -0.05) is 24.3 Å². The third kappa shape index (κ3) is 2.06. The Morgan fingerprint density at radius 3 is 2.67 bits per heavy atom. The van der Waals surface area contributed by atoms with Crippen molar-refractivity contribution in [3.8, 4) is 0 Å². The Balaban J connectivity index is 2.79. The van der Waals surface area contributed by atoms with E-state index in [4.69, 9.17) is 0 Å². The summed E-state index contributed by atoms with van der Waals surface area (Å²) in [5, 5.41) is 12.6. The van der Waals surface area contributed by atoms with E-state index in [1.165, 1.54) is 0 Å². The molecule has 2 N–H and O–H groups in total. The van der Waals surface area contributed by atoms with Crippen LogP contribution in [0.25, 0.3) is 0 Å². The highest BCUT2D eigenvalue weighted by atomic mass is 16.3. The Kier molecular flexibility index (Phi) is 3.26. The average molecular weight is 165 g/mol. The Morgan fingerprint density at radius 1 is 1.42 bits per heavy atom. The summed E-state index contributed by atoms with van der Waals surface area (Å²) < 4.78 is 0. The lowest BCUT2D eigenvalue weighted by Gasteiger charge is -2.12. The summed E-state index contributed by atoms with van der Waals surface area (Å²) in [6, 6.07) is 7.89. The van der Waals surface area contributed by atoms with Gasteiger partial charge in [-0.2, -0.15) is 0 Å². The molecule has 66 valence electrons. The molecule has 0 fully saturated rings. The van der Waals surface area contributed by atoms with E-state index in [0.29, 0.717) is 6.54 Å². The summed E-state index contributed by atoms with van der Waals surface area (Å²) in [4.78, 5) is 0. The number of likely N-dealkylation sites (N-methyl/N-ethyl adjacent to an activating group) is 1. The number of nitrogens with one attached hydrogen (secondary N) is 1. The smallest absolute Gasteiger partial charge is 0.0916 e. The molecule has 1 aromatic rings. The molecule has 1 unspecified atom stereocenters. The van der Waals surface area contributed by atoms with E-state index in [-0.39, 0.29) is 0 Å². The van der Waals surface area contributed by atoms with Gasteiger partial charge in [-0.05, 0) is 25.1 Å². The van der Waals surface area contributed by atoms with Crippen molar-refractivity contribution in [3.63, 3.8) is 0 Å². The quantitative estimate of drug-likeness (QED) is 0.706. The zero-order valence-electron chi connectivity index (χ0n) is 7.54. The summed E-state index contributed by atoms with van der Waals surface area (Å²) >= 11 is 0. The Morgan fingerprint density at radius 2 is 2.08 bits per heavy atom. The van der Waals surface area contributed by atoms with Gasteiger partial charge in [-0.25, -0.2) is 0 Å². The fourth-order valence-corrected chi connectivity index (χ4v) is 1.26. The monoisotopic (exact) mass is 165 g/mol. The van der Waals surface area contributed by atoms with Crippen LogP contribution in [0.4, 0.5) is 0 Å². The molecule has 0 radical (unpaired) electrons. The Hall–Kier alpha value is -0.860. The molecule has 2 nitrogen and oxygen atoms in total. The molecule has 0 aliphatic heterocycles. The first-order valence-corrected chi connectivity index (χ1v) is 4.14. The molecule has 1 atom stereocenters. The fourth-order valence-electron chi connectivity index (χ4n) is 1.26. The molecule has 1 aromatic carbocycles. The van der Waals surface area contributed by atoms with Crippen LogP contribution < -0.4 is 5.32 Å². The molecular formula is C10H15NO. The minimum absolute atomic E-state index is 0.392. The number of benzene rings is 1. The van der Waals surface area contributed by atoms with Gasteiger partial charge in [0.15, 0.2) is 0 Å². The molecule has 12 heavy (non-hydrogen) atoms. The number of aliphatic hydroxyl groups excluding tert-OH is 1. The van der Waals surface area contributed by atoms with Crippen LogP contribution in [-0.2, 0) is 0 Å². The molecule has 0 heterocycles. The van der Waals surface area contributed by atoms with Gasteiger partial charge < -0.3 is 10.4 Å². The second-order valence-corrected chi connectivity index (χ2v) is 2.93. The third-order valence-corrected chi connectivity index (χ3v) is 1.94. The predicted octanol–water partition coefficient (Wildman–Crippen LogP) is 1.25. The van der Waals surface area contributed by atoms with Gasteiger partial charge >= 0.3 is 0 Å². The number of aryl methyl sites for hydroxylation is 1. The molecule has 0 aliphatic carbocycles. The molecule has 2 heteroatoms. The van der Waals surface area contributed by atoms with Crippen molar-refractivity contribution in [1.82, 2.24) is 5.32 Å². The van der Waals surface area contributed by atoms with E-state index in [9.17, 15) is 5.11 Å².